The summed E-state index contributed by atoms with van der Waals surface area (Å²) >= 11 is 13.0. The first kappa shape index (κ1) is 19.6. The molecule has 0 unspecified atom stereocenters. The zero-order chi connectivity index (χ0) is 21.9. The maximum atomic E-state index is 6.59. The number of hydrogen-bond donors (Lipinski definition) is 0. The molecule has 6 rings (SSSR count). The van der Waals surface area contributed by atoms with Gasteiger partial charge in [-0.2, -0.15) is 5.10 Å². The summed E-state index contributed by atoms with van der Waals surface area (Å²) in [7, 11) is 0. The average Bonchev–Trinajstić information content (AvgIpc) is 3.27. The van der Waals surface area contributed by atoms with Crippen molar-refractivity contribution in [2.45, 2.75) is 25.1 Å². The zero-order valence-electron chi connectivity index (χ0n) is 17.3. The van der Waals surface area contributed by atoms with Crippen LogP contribution in [0.15, 0.2) is 84.2 Å². The molecule has 158 valence electrons. The maximum Gasteiger partial charge on any atom is 0.221 e. The second kappa shape index (κ2) is 7.22. The third kappa shape index (κ3) is 2.98. The van der Waals surface area contributed by atoms with Gasteiger partial charge in [-0.15, -0.1) is 0 Å². The van der Waals surface area contributed by atoms with E-state index in [9.17, 15) is 0 Å². The molecule has 2 aliphatic heterocycles. The SMILES string of the molecule is C[C@]1(c2ccncc2)Oc2c(Cl)cc(Cl)cc2[C@H]2CC(c3ccc4ccccc4c3)=NN21. The minimum absolute atomic E-state index is 0.0467. The number of aromatic nitrogens is 1. The fourth-order valence-electron chi connectivity index (χ4n) is 4.72. The number of benzene rings is 3. The quantitative estimate of drug-likeness (QED) is 0.325. The summed E-state index contributed by atoms with van der Waals surface area (Å²) in [6.45, 7) is 2.02. The molecular formula is C26H19Cl2N3O. The molecule has 0 fully saturated rings. The molecule has 0 saturated heterocycles. The largest absolute Gasteiger partial charge is 0.461 e. The highest BCUT2D eigenvalue weighted by atomic mass is 35.5. The fraction of sp³-hybridized carbons (Fsp3) is 0.154. The van der Waals surface area contributed by atoms with E-state index in [1.165, 1.54) is 10.8 Å². The van der Waals surface area contributed by atoms with Crippen molar-refractivity contribution in [1.82, 2.24) is 9.99 Å². The summed E-state index contributed by atoms with van der Waals surface area (Å²) < 4.78 is 6.56. The molecule has 0 saturated carbocycles. The first-order chi connectivity index (χ1) is 15.5. The van der Waals surface area contributed by atoms with Crippen LogP contribution in [0.1, 0.15) is 36.1 Å². The van der Waals surface area contributed by atoms with Gasteiger partial charge in [-0.3, -0.25) is 4.98 Å². The smallest absolute Gasteiger partial charge is 0.221 e. The normalized spacial score (nSPS) is 21.7. The molecule has 0 amide bonds. The Bertz CT molecular complexity index is 1390. The third-order valence-electron chi connectivity index (χ3n) is 6.34. The van der Waals surface area contributed by atoms with Crippen LogP contribution >= 0.6 is 23.2 Å². The molecule has 0 spiro atoms. The molecule has 2 atom stereocenters. The number of ether oxygens (including phenoxy) is 1. The van der Waals surface area contributed by atoms with Gasteiger partial charge in [-0.05, 0) is 46.7 Å². The molecule has 1 aromatic heterocycles. The molecule has 0 radical (unpaired) electrons. The van der Waals surface area contributed by atoms with E-state index in [4.69, 9.17) is 33.0 Å². The second-order valence-electron chi connectivity index (χ2n) is 8.30. The van der Waals surface area contributed by atoms with Gasteiger partial charge in [-0.25, -0.2) is 5.01 Å². The van der Waals surface area contributed by atoms with E-state index in [1.54, 1.807) is 18.5 Å². The topological polar surface area (TPSA) is 37.7 Å². The van der Waals surface area contributed by atoms with Gasteiger partial charge in [0.05, 0.1) is 16.8 Å². The summed E-state index contributed by atoms with van der Waals surface area (Å²) in [5.41, 5.74) is 3.18. The van der Waals surface area contributed by atoms with Gasteiger partial charge < -0.3 is 4.74 Å². The number of hydrogen-bond acceptors (Lipinski definition) is 4. The highest BCUT2D eigenvalue weighted by Gasteiger charge is 2.49. The predicted octanol–water partition coefficient (Wildman–Crippen LogP) is 6.96. The van der Waals surface area contributed by atoms with Crippen LogP contribution in [0.3, 0.4) is 0 Å². The second-order valence-corrected chi connectivity index (χ2v) is 9.14. The summed E-state index contributed by atoms with van der Waals surface area (Å²) in [5.74, 6) is 0.659. The van der Waals surface area contributed by atoms with Crippen LogP contribution in [-0.2, 0) is 5.72 Å². The van der Waals surface area contributed by atoms with Crippen LogP contribution in [-0.4, -0.2) is 15.7 Å². The van der Waals surface area contributed by atoms with Gasteiger partial charge in [0.2, 0.25) is 5.72 Å². The van der Waals surface area contributed by atoms with E-state index < -0.39 is 5.72 Å². The van der Waals surface area contributed by atoms with E-state index in [-0.39, 0.29) is 6.04 Å². The van der Waals surface area contributed by atoms with Crippen molar-refractivity contribution in [2.24, 2.45) is 5.10 Å². The highest BCUT2D eigenvalue weighted by molar-refractivity contribution is 6.35. The summed E-state index contributed by atoms with van der Waals surface area (Å²) in [6.07, 6.45) is 4.26. The van der Waals surface area contributed by atoms with Crippen LogP contribution in [0, 0.1) is 0 Å². The average molecular weight is 460 g/mol. The van der Waals surface area contributed by atoms with Crippen LogP contribution in [0.2, 0.25) is 10.0 Å². The summed E-state index contributed by atoms with van der Waals surface area (Å²) in [5, 5.41) is 10.6. The number of nitrogens with zero attached hydrogens (tertiary/aromatic N) is 3. The Kier molecular flexibility index (Phi) is 4.42. The van der Waals surface area contributed by atoms with Gasteiger partial charge >= 0.3 is 0 Å². The predicted molar refractivity (Wildman–Crippen MR) is 128 cm³/mol. The lowest BCUT2D eigenvalue weighted by Gasteiger charge is -2.46. The molecule has 2 aliphatic rings. The van der Waals surface area contributed by atoms with E-state index >= 15 is 0 Å². The number of fused-ring (bicyclic) bond motifs is 4. The first-order valence-electron chi connectivity index (χ1n) is 10.5. The summed E-state index contributed by atoms with van der Waals surface area (Å²) in [6, 6.07) is 22.4. The molecule has 4 nitrogen and oxygen atoms in total. The van der Waals surface area contributed by atoms with Crippen molar-refractivity contribution in [2.75, 3.05) is 0 Å². The Labute approximate surface area is 196 Å². The van der Waals surface area contributed by atoms with Crippen molar-refractivity contribution >= 4 is 39.7 Å². The minimum atomic E-state index is -0.837. The molecule has 0 bridgehead atoms. The third-order valence-corrected chi connectivity index (χ3v) is 6.84. The van der Waals surface area contributed by atoms with Gasteiger partial charge in [0.1, 0.15) is 5.75 Å². The number of hydrazone groups is 1. The van der Waals surface area contributed by atoms with E-state index in [1.807, 2.05) is 30.1 Å². The molecule has 3 aromatic carbocycles. The van der Waals surface area contributed by atoms with Crippen LogP contribution in [0.4, 0.5) is 0 Å². The van der Waals surface area contributed by atoms with Gasteiger partial charge in [0.25, 0.3) is 0 Å². The molecular weight excluding hydrogens is 441 g/mol. The van der Waals surface area contributed by atoms with Crippen LogP contribution < -0.4 is 4.74 Å². The van der Waals surface area contributed by atoms with Crippen molar-refractivity contribution in [1.29, 1.82) is 0 Å². The number of pyridine rings is 1. The van der Waals surface area contributed by atoms with E-state index in [0.717, 1.165) is 28.8 Å². The van der Waals surface area contributed by atoms with Gasteiger partial charge in [0, 0.05) is 41.9 Å². The van der Waals surface area contributed by atoms with Crippen molar-refractivity contribution in [3.8, 4) is 5.75 Å². The van der Waals surface area contributed by atoms with Crippen molar-refractivity contribution in [3.63, 3.8) is 0 Å². The Morgan fingerprint density at radius 2 is 1.75 bits per heavy atom. The Balaban J connectivity index is 1.52. The summed E-state index contributed by atoms with van der Waals surface area (Å²) in [4.78, 5) is 4.17. The Hall–Kier alpha value is -3.08. The Morgan fingerprint density at radius 1 is 0.969 bits per heavy atom. The van der Waals surface area contributed by atoms with Gasteiger partial charge in [-0.1, -0.05) is 59.6 Å². The van der Waals surface area contributed by atoms with Crippen LogP contribution in [0.5, 0.6) is 5.75 Å². The van der Waals surface area contributed by atoms with Gasteiger partial charge in [0.15, 0.2) is 0 Å². The van der Waals surface area contributed by atoms with E-state index in [2.05, 4.69) is 47.4 Å². The minimum Gasteiger partial charge on any atom is -0.461 e. The molecule has 4 aromatic rings. The Morgan fingerprint density at radius 3 is 2.56 bits per heavy atom. The standard InChI is InChI=1S/C26H19Cl2N3O/c1-26(19-8-10-29-11-9-19)31-24(21-13-20(27)14-22(28)25(21)32-26)15-23(30-31)18-7-6-16-4-2-3-5-17(16)12-18/h2-14,24H,15H2,1H3/t24-,26-/m1/s1. The zero-order valence-corrected chi connectivity index (χ0v) is 18.8. The first-order valence-corrected chi connectivity index (χ1v) is 11.2. The molecule has 32 heavy (non-hydrogen) atoms. The molecule has 3 heterocycles. The lowest BCUT2D eigenvalue weighted by molar-refractivity contribution is -0.112. The lowest BCUT2D eigenvalue weighted by atomic mass is 9.92. The van der Waals surface area contributed by atoms with E-state index in [0.29, 0.717) is 15.8 Å². The van der Waals surface area contributed by atoms with Crippen molar-refractivity contribution < 1.29 is 4.74 Å². The van der Waals surface area contributed by atoms with Crippen molar-refractivity contribution in [3.05, 3.63) is 106 Å². The monoisotopic (exact) mass is 459 g/mol. The number of halogens is 2. The lowest BCUT2D eigenvalue weighted by Crippen LogP contribution is -2.48. The fourth-order valence-corrected chi connectivity index (χ4v) is 5.27. The highest BCUT2D eigenvalue weighted by Crippen LogP contribution is 2.53. The van der Waals surface area contributed by atoms with Crippen LogP contribution in [0.25, 0.3) is 10.8 Å². The number of rotatable bonds is 2. The molecule has 0 aliphatic carbocycles. The maximum absolute atomic E-state index is 6.59. The molecule has 0 N–H and O–H groups in total. The molecule has 6 heteroatoms.